The number of hydrogen-bond acceptors (Lipinski definition) is 3. The Balaban J connectivity index is 1.80. The van der Waals surface area contributed by atoms with Gasteiger partial charge in [-0.05, 0) is 41.1 Å². The van der Waals surface area contributed by atoms with Gasteiger partial charge in [-0.2, -0.15) is 5.10 Å². The second-order valence-corrected chi connectivity index (χ2v) is 7.79. The number of rotatable bonds is 4. The van der Waals surface area contributed by atoms with Crippen molar-refractivity contribution in [2.75, 3.05) is 0 Å². The van der Waals surface area contributed by atoms with Crippen LogP contribution in [0.1, 0.15) is 11.3 Å². The maximum absolute atomic E-state index is 5.02. The fourth-order valence-electron chi connectivity index (χ4n) is 3.59. The standard InChI is InChI=1S/C24H19N3S/c1-17-15-20(19-11-6-3-7-12-19)22-23(21-13-8-14-28-21)26-27(24(22)25-17)16-18-9-4-2-5-10-18/h2-15H,16H2,1H3. The van der Waals surface area contributed by atoms with Crippen LogP contribution < -0.4 is 0 Å². The molecule has 5 aromatic rings. The lowest BCUT2D eigenvalue weighted by Gasteiger charge is -2.08. The van der Waals surface area contributed by atoms with Crippen LogP contribution in [0.5, 0.6) is 0 Å². The van der Waals surface area contributed by atoms with Crippen molar-refractivity contribution < 1.29 is 0 Å². The van der Waals surface area contributed by atoms with Crippen molar-refractivity contribution in [3.63, 3.8) is 0 Å². The lowest BCUT2D eigenvalue weighted by Crippen LogP contribution is -2.03. The minimum atomic E-state index is 0.702. The molecule has 0 aliphatic carbocycles. The first-order valence-electron chi connectivity index (χ1n) is 9.31. The Bertz CT molecular complexity index is 1220. The Morgan fingerprint density at radius 1 is 0.893 bits per heavy atom. The molecule has 0 fully saturated rings. The number of nitrogens with zero attached hydrogens (tertiary/aromatic N) is 3. The molecule has 0 atom stereocenters. The highest BCUT2D eigenvalue weighted by Crippen LogP contribution is 2.37. The Morgan fingerprint density at radius 2 is 1.64 bits per heavy atom. The van der Waals surface area contributed by atoms with E-state index in [0.29, 0.717) is 6.54 Å². The summed E-state index contributed by atoms with van der Waals surface area (Å²) >= 11 is 1.71. The van der Waals surface area contributed by atoms with E-state index in [9.17, 15) is 0 Å². The molecule has 0 aliphatic rings. The van der Waals surface area contributed by atoms with Crippen LogP contribution in [0.3, 0.4) is 0 Å². The number of pyridine rings is 1. The predicted molar refractivity (Wildman–Crippen MR) is 117 cm³/mol. The zero-order chi connectivity index (χ0) is 18.9. The van der Waals surface area contributed by atoms with Gasteiger partial charge in [-0.15, -0.1) is 11.3 Å². The summed E-state index contributed by atoms with van der Waals surface area (Å²) in [4.78, 5) is 6.06. The molecule has 2 aromatic carbocycles. The van der Waals surface area contributed by atoms with Crippen LogP contribution in [0.25, 0.3) is 32.7 Å². The van der Waals surface area contributed by atoms with Crippen LogP contribution in [0.4, 0.5) is 0 Å². The molecule has 3 nitrogen and oxygen atoms in total. The molecule has 28 heavy (non-hydrogen) atoms. The van der Waals surface area contributed by atoms with Crippen molar-refractivity contribution in [2.24, 2.45) is 0 Å². The minimum absolute atomic E-state index is 0.702. The Morgan fingerprint density at radius 3 is 2.36 bits per heavy atom. The van der Waals surface area contributed by atoms with E-state index in [1.54, 1.807) is 11.3 Å². The zero-order valence-corrected chi connectivity index (χ0v) is 16.4. The highest BCUT2D eigenvalue weighted by atomic mass is 32.1. The van der Waals surface area contributed by atoms with Crippen LogP contribution in [-0.2, 0) is 6.54 Å². The second-order valence-electron chi connectivity index (χ2n) is 6.84. The summed E-state index contributed by atoms with van der Waals surface area (Å²) in [6.07, 6.45) is 0. The van der Waals surface area contributed by atoms with Crippen LogP contribution in [0, 0.1) is 6.92 Å². The average Bonchev–Trinajstić information content (AvgIpc) is 3.38. The van der Waals surface area contributed by atoms with Gasteiger partial charge in [-0.25, -0.2) is 9.67 Å². The lowest BCUT2D eigenvalue weighted by molar-refractivity contribution is 0.706. The topological polar surface area (TPSA) is 30.7 Å². The molecule has 136 valence electrons. The molecule has 0 radical (unpaired) electrons. The van der Waals surface area contributed by atoms with Gasteiger partial charge in [-0.3, -0.25) is 0 Å². The maximum Gasteiger partial charge on any atom is 0.159 e. The van der Waals surface area contributed by atoms with E-state index in [1.807, 2.05) is 16.8 Å². The summed E-state index contributed by atoms with van der Waals surface area (Å²) in [6.45, 7) is 2.75. The van der Waals surface area contributed by atoms with Gasteiger partial charge in [0, 0.05) is 5.69 Å². The van der Waals surface area contributed by atoms with Crippen molar-refractivity contribution >= 4 is 22.4 Å². The summed E-state index contributed by atoms with van der Waals surface area (Å²) in [5, 5.41) is 8.24. The largest absolute Gasteiger partial charge is 0.242 e. The third kappa shape index (κ3) is 3.02. The number of aryl methyl sites for hydroxylation is 1. The van der Waals surface area contributed by atoms with Gasteiger partial charge in [0.05, 0.1) is 16.8 Å². The van der Waals surface area contributed by atoms with E-state index < -0.39 is 0 Å². The maximum atomic E-state index is 5.02. The molecule has 0 saturated heterocycles. The minimum Gasteiger partial charge on any atom is -0.242 e. The van der Waals surface area contributed by atoms with E-state index in [1.165, 1.54) is 21.6 Å². The van der Waals surface area contributed by atoms with Crippen molar-refractivity contribution in [3.8, 4) is 21.7 Å². The third-order valence-electron chi connectivity index (χ3n) is 4.84. The van der Waals surface area contributed by atoms with E-state index in [0.717, 1.165) is 22.4 Å². The molecule has 0 amide bonds. The van der Waals surface area contributed by atoms with Gasteiger partial charge in [0.2, 0.25) is 0 Å². The monoisotopic (exact) mass is 381 g/mol. The van der Waals surface area contributed by atoms with Crippen molar-refractivity contribution in [1.82, 2.24) is 14.8 Å². The summed E-state index contributed by atoms with van der Waals surface area (Å²) in [6, 6.07) is 27.3. The molecule has 3 heterocycles. The summed E-state index contributed by atoms with van der Waals surface area (Å²) in [5.74, 6) is 0. The van der Waals surface area contributed by atoms with E-state index in [4.69, 9.17) is 10.1 Å². The molecular weight excluding hydrogens is 362 g/mol. The summed E-state index contributed by atoms with van der Waals surface area (Å²) < 4.78 is 2.04. The van der Waals surface area contributed by atoms with Crippen LogP contribution in [0.2, 0.25) is 0 Å². The van der Waals surface area contributed by atoms with Gasteiger partial charge in [0.1, 0.15) is 5.69 Å². The fraction of sp³-hybridized carbons (Fsp3) is 0.0833. The predicted octanol–water partition coefficient (Wildman–Crippen LogP) is 6.18. The first-order valence-corrected chi connectivity index (χ1v) is 10.2. The van der Waals surface area contributed by atoms with Gasteiger partial charge < -0.3 is 0 Å². The fourth-order valence-corrected chi connectivity index (χ4v) is 4.31. The molecular formula is C24H19N3S. The van der Waals surface area contributed by atoms with Crippen LogP contribution in [-0.4, -0.2) is 14.8 Å². The molecule has 4 heteroatoms. The van der Waals surface area contributed by atoms with Crippen molar-refractivity contribution in [3.05, 3.63) is 95.5 Å². The SMILES string of the molecule is Cc1cc(-c2ccccc2)c2c(-c3cccs3)nn(Cc3ccccc3)c2n1. The highest BCUT2D eigenvalue weighted by Gasteiger charge is 2.19. The normalized spacial score (nSPS) is 11.2. The van der Waals surface area contributed by atoms with Crippen molar-refractivity contribution in [1.29, 1.82) is 0 Å². The average molecular weight is 382 g/mol. The molecule has 0 unspecified atom stereocenters. The molecule has 0 bridgehead atoms. The van der Waals surface area contributed by atoms with Gasteiger partial charge >= 0.3 is 0 Å². The van der Waals surface area contributed by atoms with Gasteiger partial charge in [0.15, 0.2) is 5.65 Å². The zero-order valence-electron chi connectivity index (χ0n) is 15.5. The van der Waals surface area contributed by atoms with Crippen molar-refractivity contribution in [2.45, 2.75) is 13.5 Å². The first kappa shape index (κ1) is 16.9. The molecule has 0 aliphatic heterocycles. The number of aromatic nitrogens is 3. The third-order valence-corrected chi connectivity index (χ3v) is 5.72. The summed E-state index contributed by atoms with van der Waals surface area (Å²) in [7, 11) is 0. The first-order chi connectivity index (χ1) is 13.8. The van der Waals surface area contributed by atoms with Gasteiger partial charge in [-0.1, -0.05) is 66.7 Å². The Labute approximate surface area is 167 Å². The molecule has 5 rings (SSSR count). The molecule has 0 N–H and O–H groups in total. The number of benzene rings is 2. The molecule has 3 aromatic heterocycles. The Hall–Kier alpha value is -3.24. The molecule has 0 saturated carbocycles. The quantitative estimate of drug-likeness (QED) is 0.372. The molecule has 0 spiro atoms. The highest BCUT2D eigenvalue weighted by molar-refractivity contribution is 7.13. The van der Waals surface area contributed by atoms with Crippen LogP contribution >= 0.6 is 11.3 Å². The Kier molecular flexibility index (Phi) is 4.26. The van der Waals surface area contributed by atoms with E-state index in [2.05, 4.69) is 79.0 Å². The number of thiophene rings is 1. The number of fused-ring (bicyclic) bond motifs is 1. The summed E-state index contributed by atoms with van der Waals surface area (Å²) in [5.41, 5.74) is 6.53. The van der Waals surface area contributed by atoms with Gasteiger partial charge in [0.25, 0.3) is 0 Å². The second kappa shape index (κ2) is 7.06. The lowest BCUT2D eigenvalue weighted by atomic mass is 10.0. The number of hydrogen-bond donors (Lipinski definition) is 0. The smallest absolute Gasteiger partial charge is 0.159 e. The van der Waals surface area contributed by atoms with E-state index in [-0.39, 0.29) is 0 Å². The van der Waals surface area contributed by atoms with E-state index >= 15 is 0 Å². The van der Waals surface area contributed by atoms with Crippen LogP contribution in [0.15, 0.2) is 84.2 Å².